The third kappa shape index (κ3) is 4.79. The molecule has 1 fully saturated rings. The highest BCUT2D eigenvalue weighted by atomic mass is 16.6. The van der Waals surface area contributed by atoms with Crippen LogP contribution in [0.4, 0.5) is 0 Å². The lowest BCUT2D eigenvalue weighted by molar-refractivity contribution is -0.168. The first-order valence-electron chi connectivity index (χ1n) is 9.00. The molecule has 0 amide bonds. The van der Waals surface area contributed by atoms with Crippen molar-refractivity contribution in [3.8, 4) is 0 Å². The first-order chi connectivity index (χ1) is 10.9. The van der Waals surface area contributed by atoms with E-state index in [1.165, 1.54) is 18.4 Å². The van der Waals surface area contributed by atoms with E-state index in [-0.39, 0.29) is 11.6 Å². The number of rotatable bonds is 7. The van der Waals surface area contributed by atoms with Crippen molar-refractivity contribution < 1.29 is 9.53 Å². The number of hydrogen-bond acceptors (Lipinski definition) is 3. The Morgan fingerprint density at radius 1 is 1.30 bits per heavy atom. The van der Waals surface area contributed by atoms with Crippen LogP contribution in [0.2, 0.25) is 0 Å². The molecule has 1 aliphatic rings. The van der Waals surface area contributed by atoms with Gasteiger partial charge >= 0.3 is 5.97 Å². The average molecular weight is 317 g/mol. The number of esters is 1. The third-order valence-electron chi connectivity index (χ3n) is 5.34. The zero-order valence-electron chi connectivity index (χ0n) is 15.1. The van der Waals surface area contributed by atoms with Gasteiger partial charge in [-0.3, -0.25) is 9.78 Å². The van der Waals surface area contributed by atoms with Gasteiger partial charge in [-0.05, 0) is 89.3 Å². The minimum Gasteiger partial charge on any atom is -0.459 e. The first-order valence-corrected chi connectivity index (χ1v) is 9.00. The topological polar surface area (TPSA) is 39.2 Å². The van der Waals surface area contributed by atoms with E-state index < -0.39 is 5.41 Å². The number of nitrogens with zero attached hydrogens (tertiary/aromatic N) is 1. The monoisotopic (exact) mass is 317 g/mol. The van der Waals surface area contributed by atoms with E-state index in [9.17, 15) is 4.79 Å². The minimum atomic E-state index is -0.425. The molecule has 0 aliphatic heterocycles. The number of pyridine rings is 1. The van der Waals surface area contributed by atoms with Crippen molar-refractivity contribution in [1.29, 1.82) is 0 Å². The Bertz CT molecular complexity index is 504. The van der Waals surface area contributed by atoms with Crippen molar-refractivity contribution in [2.45, 2.75) is 84.2 Å². The molecule has 0 N–H and O–H groups in total. The predicted octanol–water partition coefficient (Wildman–Crippen LogP) is 5.26. The fourth-order valence-electron chi connectivity index (χ4n) is 3.47. The molecule has 0 bridgehead atoms. The molecular formula is C20H31NO2. The van der Waals surface area contributed by atoms with E-state index in [1.807, 2.05) is 26.2 Å². The predicted molar refractivity (Wildman–Crippen MR) is 93.2 cm³/mol. The molecular weight excluding hydrogens is 286 g/mol. The Morgan fingerprint density at radius 2 is 1.91 bits per heavy atom. The lowest BCUT2D eigenvalue weighted by Crippen LogP contribution is -2.36. The lowest BCUT2D eigenvalue weighted by atomic mass is 9.82. The molecule has 2 rings (SSSR count). The van der Waals surface area contributed by atoms with Crippen LogP contribution >= 0.6 is 0 Å². The van der Waals surface area contributed by atoms with E-state index in [0.717, 1.165) is 32.1 Å². The molecule has 0 aromatic carbocycles. The zero-order chi connectivity index (χ0) is 16.9. The molecule has 1 aromatic heterocycles. The fraction of sp³-hybridized carbons (Fsp3) is 0.700. The maximum atomic E-state index is 12.6. The van der Waals surface area contributed by atoms with Crippen molar-refractivity contribution in [1.82, 2.24) is 4.98 Å². The summed E-state index contributed by atoms with van der Waals surface area (Å²) in [5.41, 5.74) is 0.657. The molecule has 0 saturated heterocycles. The highest BCUT2D eigenvalue weighted by molar-refractivity contribution is 5.76. The Kier molecular flexibility index (Phi) is 5.83. The van der Waals surface area contributed by atoms with Gasteiger partial charge in [-0.15, -0.1) is 0 Å². The molecule has 1 atom stereocenters. The minimum absolute atomic E-state index is 0.0357. The van der Waals surface area contributed by atoms with E-state index in [1.54, 1.807) is 0 Å². The van der Waals surface area contributed by atoms with Crippen molar-refractivity contribution in [3.63, 3.8) is 0 Å². The van der Waals surface area contributed by atoms with Crippen LogP contribution in [-0.4, -0.2) is 16.6 Å². The zero-order valence-corrected chi connectivity index (χ0v) is 15.1. The maximum absolute atomic E-state index is 12.6. The Labute approximate surface area is 140 Å². The lowest BCUT2D eigenvalue weighted by Gasteiger charge is -2.31. The van der Waals surface area contributed by atoms with Crippen LogP contribution in [0.15, 0.2) is 24.5 Å². The average Bonchev–Trinajstić information content (AvgIpc) is 2.95. The van der Waals surface area contributed by atoms with Crippen molar-refractivity contribution in [2.75, 3.05) is 0 Å². The van der Waals surface area contributed by atoms with E-state index in [2.05, 4.69) is 31.0 Å². The SMILES string of the molecule is CCC(CCC(C)(C)C(=O)OC1(C)CCCC1)c1ccncc1. The Hall–Kier alpha value is -1.38. The van der Waals surface area contributed by atoms with E-state index in [4.69, 9.17) is 4.74 Å². The summed E-state index contributed by atoms with van der Waals surface area (Å²) in [4.78, 5) is 16.7. The van der Waals surface area contributed by atoms with Crippen molar-refractivity contribution in [3.05, 3.63) is 30.1 Å². The van der Waals surface area contributed by atoms with Gasteiger partial charge in [-0.25, -0.2) is 0 Å². The highest BCUT2D eigenvalue weighted by Crippen LogP contribution is 2.37. The largest absolute Gasteiger partial charge is 0.459 e. The summed E-state index contributed by atoms with van der Waals surface area (Å²) < 4.78 is 5.89. The highest BCUT2D eigenvalue weighted by Gasteiger charge is 2.38. The van der Waals surface area contributed by atoms with Gasteiger partial charge in [-0.1, -0.05) is 6.92 Å². The van der Waals surface area contributed by atoms with Gasteiger partial charge in [0.15, 0.2) is 0 Å². The van der Waals surface area contributed by atoms with Crippen LogP contribution in [0.3, 0.4) is 0 Å². The Balaban J connectivity index is 1.93. The van der Waals surface area contributed by atoms with Gasteiger partial charge in [0.25, 0.3) is 0 Å². The standard InChI is InChI=1S/C20H31NO2/c1-5-16(17-9-14-21-15-10-17)8-13-19(2,3)18(22)23-20(4)11-6-7-12-20/h9-10,14-16H,5-8,11-13H2,1-4H3. The summed E-state index contributed by atoms with van der Waals surface area (Å²) in [6.45, 7) is 8.33. The smallest absolute Gasteiger partial charge is 0.312 e. The van der Waals surface area contributed by atoms with Gasteiger partial charge in [0, 0.05) is 12.4 Å². The van der Waals surface area contributed by atoms with E-state index >= 15 is 0 Å². The molecule has 3 nitrogen and oxygen atoms in total. The number of hydrogen-bond donors (Lipinski definition) is 0. The van der Waals surface area contributed by atoms with Crippen LogP contribution in [0, 0.1) is 5.41 Å². The van der Waals surface area contributed by atoms with Gasteiger partial charge in [0.1, 0.15) is 5.60 Å². The van der Waals surface area contributed by atoms with E-state index in [0.29, 0.717) is 5.92 Å². The summed E-state index contributed by atoms with van der Waals surface area (Å²) in [5, 5.41) is 0. The van der Waals surface area contributed by atoms with Crippen LogP contribution in [0.5, 0.6) is 0 Å². The number of aromatic nitrogens is 1. The van der Waals surface area contributed by atoms with Crippen LogP contribution in [0.25, 0.3) is 0 Å². The van der Waals surface area contributed by atoms with Crippen LogP contribution in [0.1, 0.15) is 84.1 Å². The second kappa shape index (κ2) is 7.46. The van der Waals surface area contributed by atoms with Gasteiger partial charge in [0.2, 0.25) is 0 Å². The van der Waals surface area contributed by atoms with Gasteiger partial charge < -0.3 is 4.74 Å². The summed E-state index contributed by atoms with van der Waals surface area (Å²) in [6.07, 6.45) is 11.0. The first kappa shape index (κ1) is 18.0. The number of carbonyl (C=O) groups is 1. The third-order valence-corrected chi connectivity index (χ3v) is 5.34. The molecule has 1 saturated carbocycles. The molecule has 1 aromatic rings. The molecule has 1 aliphatic carbocycles. The fourth-order valence-corrected chi connectivity index (χ4v) is 3.47. The second-order valence-electron chi connectivity index (χ2n) is 7.85. The van der Waals surface area contributed by atoms with Gasteiger partial charge in [0.05, 0.1) is 5.41 Å². The molecule has 128 valence electrons. The van der Waals surface area contributed by atoms with Crippen molar-refractivity contribution >= 4 is 5.97 Å². The normalized spacial score (nSPS) is 18.6. The summed E-state index contributed by atoms with van der Waals surface area (Å²) in [5.74, 6) is 0.443. The maximum Gasteiger partial charge on any atom is 0.312 e. The van der Waals surface area contributed by atoms with Crippen LogP contribution in [-0.2, 0) is 9.53 Å². The second-order valence-corrected chi connectivity index (χ2v) is 7.85. The molecule has 0 spiro atoms. The van der Waals surface area contributed by atoms with Crippen molar-refractivity contribution in [2.24, 2.45) is 5.41 Å². The quantitative estimate of drug-likeness (QED) is 0.644. The number of ether oxygens (including phenoxy) is 1. The van der Waals surface area contributed by atoms with Crippen LogP contribution < -0.4 is 0 Å². The molecule has 1 unspecified atom stereocenters. The molecule has 0 radical (unpaired) electrons. The summed E-state index contributed by atoms with van der Waals surface area (Å²) >= 11 is 0. The van der Waals surface area contributed by atoms with Gasteiger partial charge in [-0.2, -0.15) is 0 Å². The molecule has 23 heavy (non-hydrogen) atoms. The molecule has 3 heteroatoms. The summed E-state index contributed by atoms with van der Waals surface area (Å²) in [6, 6.07) is 4.16. The Morgan fingerprint density at radius 3 is 2.48 bits per heavy atom. The number of carbonyl (C=O) groups excluding carboxylic acids is 1. The summed E-state index contributed by atoms with van der Waals surface area (Å²) in [7, 11) is 0. The molecule has 1 heterocycles.